The number of rotatable bonds is 4. The molecule has 0 bridgehead atoms. The molecular formula is C30H31NO4. The Morgan fingerprint density at radius 2 is 1.80 bits per heavy atom. The summed E-state index contributed by atoms with van der Waals surface area (Å²) in [5.41, 5.74) is 4.75. The second-order valence-electron chi connectivity index (χ2n) is 10.6. The topological polar surface area (TPSA) is 64.6 Å². The summed E-state index contributed by atoms with van der Waals surface area (Å²) in [6.07, 6.45) is 1.31. The molecule has 0 spiro atoms. The fraction of sp³-hybridized carbons (Fsp3) is 0.333. The lowest BCUT2D eigenvalue weighted by Crippen LogP contribution is -2.33. The Morgan fingerprint density at radius 1 is 1.03 bits per heavy atom. The fourth-order valence-corrected chi connectivity index (χ4v) is 5.28. The summed E-state index contributed by atoms with van der Waals surface area (Å²) in [5.74, 6) is 0.223. The number of Topliss-reactive ketones (excluding diaryl/α,β-unsaturated/α-hetero) is 1. The van der Waals surface area contributed by atoms with Crippen LogP contribution in [0.1, 0.15) is 57.6 Å². The van der Waals surface area contributed by atoms with Crippen molar-refractivity contribution in [2.75, 3.05) is 12.4 Å². The van der Waals surface area contributed by atoms with Crippen LogP contribution in [0.15, 0.2) is 65.9 Å². The maximum absolute atomic E-state index is 13.5. The van der Waals surface area contributed by atoms with Crippen LogP contribution in [0.3, 0.4) is 0 Å². The van der Waals surface area contributed by atoms with Gasteiger partial charge in [-0.3, -0.25) is 9.59 Å². The molecule has 5 heteroatoms. The molecule has 5 nitrogen and oxygen atoms in total. The van der Waals surface area contributed by atoms with Gasteiger partial charge in [0.05, 0.1) is 18.7 Å². The van der Waals surface area contributed by atoms with Gasteiger partial charge in [0.1, 0.15) is 0 Å². The molecule has 0 aromatic heterocycles. The predicted molar refractivity (Wildman–Crippen MR) is 138 cm³/mol. The van der Waals surface area contributed by atoms with Crippen molar-refractivity contribution < 1.29 is 19.1 Å². The molecule has 0 amide bonds. The quantitative estimate of drug-likeness (QED) is 0.344. The Balaban J connectivity index is 1.69. The highest BCUT2D eigenvalue weighted by Gasteiger charge is 2.41. The number of hydrogen-bond donors (Lipinski definition) is 1. The second kappa shape index (κ2) is 8.56. The summed E-state index contributed by atoms with van der Waals surface area (Å²) in [6.45, 7) is 7.88. The third kappa shape index (κ3) is 4.09. The van der Waals surface area contributed by atoms with Gasteiger partial charge < -0.3 is 14.8 Å². The molecule has 0 fully saturated rings. The molecule has 35 heavy (non-hydrogen) atoms. The van der Waals surface area contributed by atoms with Crippen LogP contribution in [-0.4, -0.2) is 18.9 Å². The number of hydrogen-bond acceptors (Lipinski definition) is 5. The summed E-state index contributed by atoms with van der Waals surface area (Å²) < 4.78 is 11.2. The Kier molecular flexibility index (Phi) is 5.66. The first-order valence-electron chi connectivity index (χ1n) is 12.1. The molecule has 1 atom stereocenters. The molecule has 3 aromatic carbocycles. The monoisotopic (exact) mass is 469 g/mol. The molecule has 1 aliphatic carbocycles. The van der Waals surface area contributed by atoms with Crippen molar-refractivity contribution in [3.63, 3.8) is 0 Å². The maximum Gasteiger partial charge on any atom is 0.313 e. The molecule has 2 aliphatic rings. The number of nitrogens with one attached hydrogen (secondary N) is 1. The van der Waals surface area contributed by atoms with E-state index in [1.54, 1.807) is 27.0 Å². The highest BCUT2D eigenvalue weighted by atomic mass is 16.6. The molecule has 0 unspecified atom stereocenters. The van der Waals surface area contributed by atoms with Crippen LogP contribution in [0.4, 0.5) is 5.69 Å². The highest BCUT2D eigenvalue weighted by molar-refractivity contribution is 6.05. The van der Waals surface area contributed by atoms with Crippen LogP contribution in [0.5, 0.6) is 11.5 Å². The van der Waals surface area contributed by atoms with Gasteiger partial charge in [-0.2, -0.15) is 0 Å². The normalized spacial score (nSPS) is 18.7. The lowest BCUT2D eigenvalue weighted by atomic mass is 9.68. The van der Waals surface area contributed by atoms with Crippen LogP contribution >= 0.6 is 0 Å². The third-order valence-corrected chi connectivity index (χ3v) is 6.96. The largest absolute Gasteiger partial charge is 0.493 e. The SMILES string of the molecule is COc1cc([C@H]2C3=C(CC(C)(C)CC3=O)Nc3c2ccc2ccccc32)ccc1OC(=O)C(C)C. The predicted octanol–water partition coefficient (Wildman–Crippen LogP) is 6.61. The first kappa shape index (κ1) is 23.2. The van der Waals surface area contributed by atoms with Crippen LogP contribution in [-0.2, 0) is 9.59 Å². The average Bonchev–Trinajstić information content (AvgIpc) is 2.82. The molecule has 0 saturated carbocycles. The van der Waals surface area contributed by atoms with Crippen molar-refractivity contribution in [1.82, 2.24) is 0 Å². The van der Waals surface area contributed by atoms with Crippen molar-refractivity contribution in [2.24, 2.45) is 11.3 Å². The summed E-state index contributed by atoms with van der Waals surface area (Å²) >= 11 is 0. The van der Waals surface area contributed by atoms with Gasteiger partial charge in [0.25, 0.3) is 0 Å². The van der Waals surface area contributed by atoms with E-state index in [1.165, 1.54) is 0 Å². The number of methoxy groups -OCH3 is 1. The standard InChI is InChI=1S/C30H31NO4/c1-17(2)29(33)35-24-13-11-19(14-25(24)34-5)26-21-12-10-18-8-6-7-9-20(18)28(21)31-22-15-30(3,4)16-23(32)27(22)26/h6-14,17,26,31H,15-16H2,1-5H3/t26-/m1/s1. The smallest absolute Gasteiger partial charge is 0.313 e. The molecule has 180 valence electrons. The molecule has 0 saturated heterocycles. The first-order chi connectivity index (χ1) is 16.7. The van der Waals surface area contributed by atoms with Gasteiger partial charge in [-0.15, -0.1) is 0 Å². The van der Waals surface area contributed by atoms with E-state index >= 15 is 0 Å². The van der Waals surface area contributed by atoms with E-state index in [9.17, 15) is 9.59 Å². The van der Waals surface area contributed by atoms with Crippen LogP contribution in [0.2, 0.25) is 0 Å². The first-order valence-corrected chi connectivity index (χ1v) is 12.1. The van der Waals surface area contributed by atoms with Gasteiger partial charge in [-0.05, 0) is 40.5 Å². The molecule has 1 N–H and O–H groups in total. The van der Waals surface area contributed by atoms with E-state index in [4.69, 9.17) is 9.47 Å². The van der Waals surface area contributed by atoms with E-state index < -0.39 is 0 Å². The minimum Gasteiger partial charge on any atom is -0.493 e. The van der Waals surface area contributed by atoms with Crippen molar-refractivity contribution in [3.05, 3.63) is 77.0 Å². The Bertz CT molecular complexity index is 1380. The molecule has 3 aromatic rings. The van der Waals surface area contributed by atoms with E-state index in [0.29, 0.717) is 17.9 Å². The van der Waals surface area contributed by atoms with Crippen LogP contribution in [0, 0.1) is 11.3 Å². The summed E-state index contributed by atoms with van der Waals surface area (Å²) in [6, 6.07) is 18.1. The molecule has 1 heterocycles. The number of benzene rings is 3. The summed E-state index contributed by atoms with van der Waals surface area (Å²) in [7, 11) is 1.56. The number of esters is 1. The number of carbonyl (C=O) groups excluding carboxylic acids is 2. The van der Waals surface area contributed by atoms with Gasteiger partial charge >= 0.3 is 5.97 Å². The van der Waals surface area contributed by atoms with Crippen molar-refractivity contribution in [3.8, 4) is 11.5 Å². The van der Waals surface area contributed by atoms with Crippen LogP contribution in [0.25, 0.3) is 10.8 Å². The van der Waals surface area contributed by atoms with Crippen molar-refractivity contribution in [2.45, 2.75) is 46.5 Å². The van der Waals surface area contributed by atoms with Crippen molar-refractivity contribution >= 4 is 28.2 Å². The van der Waals surface area contributed by atoms with Gasteiger partial charge in [0.15, 0.2) is 17.3 Å². The third-order valence-electron chi connectivity index (χ3n) is 6.96. The second-order valence-corrected chi connectivity index (χ2v) is 10.6. The maximum atomic E-state index is 13.5. The van der Waals surface area contributed by atoms with Crippen LogP contribution < -0.4 is 14.8 Å². The van der Waals surface area contributed by atoms with Gasteiger partial charge in [-0.1, -0.05) is 70.2 Å². The minimum atomic E-state index is -0.315. The molecule has 0 radical (unpaired) electrons. The zero-order valence-electron chi connectivity index (χ0n) is 20.9. The Labute approximate surface area is 206 Å². The van der Waals surface area contributed by atoms with Gasteiger partial charge in [-0.25, -0.2) is 0 Å². The van der Waals surface area contributed by atoms with Crippen molar-refractivity contribution in [1.29, 1.82) is 0 Å². The Hall–Kier alpha value is -3.60. The number of anilines is 1. The number of ether oxygens (including phenoxy) is 2. The lowest BCUT2D eigenvalue weighted by Gasteiger charge is -2.40. The number of allylic oxidation sites excluding steroid dienone is 2. The highest BCUT2D eigenvalue weighted by Crippen LogP contribution is 2.51. The molecular weight excluding hydrogens is 438 g/mol. The van der Waals surface area contributed by atoms with Gasteiger partial charge in [0, 0.05) is 29.0 Å². The zero-order chi connectivity index (χ0) is 24.9. The van der Waals surface area contributed by atoms with E-state index in [-0.39, 0.29) is 29.0 Å². The molecule has 5 rings (SSSR count). The lowest BCUT2D eigenvalue weighted by molar-refractivity contribution is -0.137. The van der Waals surface area contributed by atoms with E-state index in [2.05, 4.69) is 43.4 Å². The fourth-order valence-electron chi connectivity index (χ4n) is 5.28. The Morgan fingerprint density at radius 3 is 2.54 bits per heavy atom. The number of ketones is 1. The summed E-state index contributed by atoms with van der Waals surface area (Å²) in [4.78, 5) is 25.8. The molecule has 1 aliphatic heterocycles. The number of carbonyl (C=O) groups is 2. The van der Waals surface area contributed by atoms with E-state index in [1.807, 2.05) is 24.3 Å². The van der Waals surface area contributed by atoms with E-state index in [0.717, 1.165) is 45.3 Å². The zero-order valence-corrected chi connectivity index (χ0v) is 20.9. The average molecular weight is 470 g/mol. The van der Waals surface area contributed by atoms with Gasteiger partial charge in [0.2, 0.25) is 0 Å². The minimum absolute atomic E-state index is 0.109. The number of fused-ring (bicyclic) bond motifs is 3. The summed E-state index contributed by atoms with van der Waals surface area (Å²) in [5, 5.41) is 5.95.